The van der Waals surface area contributed by atoms with Crippen molar-refractivity contribution in [3.05, 3.63) is 27.9 Å². The van der Waals surface area contributed by atoms with E-state index in [0.29, 0.717) is 25.2 Å². The number of carbonyl (C=O) groups is 1. The molecule has 1 aromatic heterocycles. The van der Waals surface area contributed by atoms with Gasteiger partial charge in [-0.3, -0.25) is 9.59 Å². The first-order chi connectivity index (χ1) is 11.5. The SMILES string of the molecule is Cc1nc(CCNC(=O)CC23CC4CC(CC(C4)C2)C3)cc(=O)[nH]1. The zero-order valence-electron chi connectivity index (χ0n) is 14.4. The van der Waals surface area contributed by atoms with Gasteiger partial charge in [-0.05, 0) is 68.6 Å². The molecule has 0 spiro atoms. The first-order valence-electron chi connectivity index (χ1n) is 9.33. The van der Waals surface area contributed by atoms with Crippen molar-refractivity contribution in [2.75, 3.05) is 6.54 Å². The van der Waals surface area contributed by atoms with Gasteiger partial charge in [0.2, 0.25) is 5.91 Å². The summed E-state index contributed by atoms with van der Waals surface area (Å²) in [5.41, 5.74) is 0.904. The topological polar surface area (TPSA) is 74.8 Å². The standard InChI is InChI=1S/C19H27N3O2/c1-12-21-16(7-17(23)22-12)2-3-20-18(24)11-19-8-13-4-14(9-19)6-15(5-13)10-19/h7,13-15H,2-6,8-11H2,1H3,(H,20,24)(H,21,22,23). The molecule has 24 heavy (non-hydrogen) atoms. The maximum atomic E-state index is 12.5. The summed E-state index contributed by atoms with van der Waals surface area (Å²) >= 11 is 0. The molecule has 130 valence electrons. The van der Waals surface area contributed by atoms with E-state index >= 15 is 0 Å². The monoisotopic (exact) mass is 329 g/mol. The lowest BCUT2D eigenvalue weighted by molar-refractivity contribution is -0.129. The summed E-state index contributed by atoms with van der Waals surface area (Å²) in [4.78, 5) is 30.8. The van der Waals surface area contributed by atoms with E-state index in [9.17, 15) is 9.59 Å². The number of carbonyl (C=O) groups excluding carboxylic acids is 1. The number of nitrogens with one attached hydrogen (secondary N) is 2. The van der Waals surface area contributed by atoms with Gasteiger partial charge >= 0.3 is 0 Å². The van der Waals surface area contributed by atoms with Crippen LogP contribution in [-0.4, -0.2) is 22.4 Å². The van der Waals surface area contributed by atoms with E-state index in [1.807, 2.05) is 0 Å². The summed E-state index contributed by atoms with van der Waals surface area (Å²) in [6, 6.07) is 1.51. The molecule has 2 N–H and O–H groups in total. The largest absolute Gasteiger partial charge is 0.356 e. The van der Waals surface area contributed by atoms with Crippen molar-refractivity contribution in [1.82, 2.24) is 15.3 Å². The summed E-state index contributed by atoms with van der Waals surface area (Å²) in [7, 11) is 0. The highest BCUT2D eigenvalue weighted by molar-refractivity contribution is 5.76. The number of amides is 1. The summed E-state index contributed by atoms with van der Waals surface area (Å²) in [6.45, 7) is 2.33. The number of H-pyrrole nitrogens is 1. The summed E-state index contributed by atoms with van der Waals surface area (Å²) in [5.74, 6) is 3.45. The second kappa shape index (κ2) is 6.01. The van der Waals surface area contributed by atoms with Crippen LogP contribution in [0.1, 0.15) is 56.5 Å². The zero-order chi connectivity index (χ0) is 16.7. The van der Waals surface area contributed by atoms with Crippen LogP contribution in [0, 0.1) is 30.1 Å². The molecular weight excluding hydrogens is 302 g/mol. The average Bonchev–Trinajstić information content (AvgIpc) is 2.43. The Hall–Kier alpha value is -1.65. The van der Waals surface area contributed by atoms with E-state index in [-0.39, 0.29) is 16.9 Å². The van der Waals surface area contributed by atoms with Crippen LogP contribution in [0.4, 0.5) is 0 Å². The average molecular weight is 329 g/mol. The molecule has 4 fully saturated rings. The van der Waals surface area contributed by atoms with Crippen molar-refractivity contribution in [2.45, 2.75) is 58.3 Å². The number of aromatic amines is 1. The Kier molecular flexibility index (Phi) is 3.97. The molecule has 1 aromatic rings. The molecule has 0 radical (unpaired) electrons. The number of hydrogen-bond donors (Lipinski definition) is 2. The second-order valence-electron chi connectivity index (χ2n) is 8.52. The molecule has 1 amide bonds. The Morgan fingerprint density at radius 1 is 1.25 bits per heavy atom. The molecule has 4 bridgehead atoms. The van der Waals surface area contributed by atoms with Gasteiger partial charge in [0, 0.05) is 31.1 Å². The third-order valence-electron chi connectivity index (χ3n) is 6.32. The Morgan fingerprint density at radius 2 is 1.88 bits per heavy atom. The highest BCUT2D eigenvalue weighted by Gasteiger charge is 2.51. The fourth-order valence-corrected chi connectivity index (χ4v) is 6.01. The fraction of sp³-hybridized carbons (Fsp3) is 0.737. The molecule has 5 nitrogen and oxygen atoms in total. The smallest absolute Gasteiger partial charge is 0.251 e. The maximum absolute atomic E-state index is 12.5. The van der Waals surface area contributed by atoms with Gasteiger partial charge in [0.15, 0.2) is 0 Å². The summed E-state index contributed by atoms with van der Waals surface area (Å²) in [5, 5.41) is 3.05. The van der Waals surface area contributed by atoms with E-state index < -0.39 is 0 Å². The lowest BCUT2D eigenvalue weighted by atomic mass is 9.49. The van der Waals surface area contributed by atoms with Gasteiger partial charge in [-0.15, -0.1) is 0 Å². The van der Waals surface area contributed by atoms with E-state index in [1.54, 1.807) is 6.92 Å². The van der Waals surface area contributed by atoms with Gasteiger partial charge in [0.1, 0.15) is 5.82 Å². The predicted molar refractivity (Wildman–Crippen MR) is 91.5 cm³/mol. The zero-order valence-corrected chi connectivity index (χ0v) is 14.4. The lowest BCUT2D eigenvalue weighted by Gasteiger charge is -2.56. The molecule has 0 atom stereocenters. The molecule has 4 aliphatic rings. The van der Waals surface area contributed by atoms with Crippen LogP contribution in [0.3, 0.4) is 0 Å². The van der Waals surface area contributed by atoms with Gasteiger partial charge in [0.05, 0.1) is 0 Å². The van der Waals surface area contributed by atoms with Crippen LogP contribution < -0.4 is 10.9 Å². The Labute approximate surface area is 142 Å². The van der Waals surface area contributed by atoms with Gasteiger partial charge in [-0.25, -0.2) is 4.98 Å². The Balaban J connectivity index is 1.30. The van der Waals surface area contributed by atoms with Crippen LogP contribution in [0.2, 0.25) is 0 Å². The minimum absolute atomic E-state index is 0.127. The van der Waals surface area contributed by atoms with Crippen molar-refractivity contribution < 1.29 is 4.79 Å². The van der Waals surface area contributed by atoms with E-state index in [0.717, 1.165) is 23.4 Å². The van der Waals surface area contributed by atoms with Crippen LogP contribution in [-0.2, 0) is 11.2 Å². The molecule has 4 saturated carbocycles. The molecule has 5 heteroatoms. The van der Waals surface area contributed by atoms with E-state index in [4.69, 9.17) is 0 Å². The van der Waals surface area contributed by atoms with Crippen LogP contribution >= 0.6 is 0 Å². The lowest BCUT2D eigenvalue weighted by Crippen LogP contribution is -2.48. The molecule has 0 aliphatic heterocycles. The third-order valence-corrected chi connectivity index (χ3v) is 6.32. The van der Waals surface area contributed by atoms with Gasteiger partial charge in [-0.2, -0.15) is 0 Å². The number of aromatic nitrogens is 2. The normalized spacial score (nSPS) is 33.6. The van der Waals surface area contributed by atoms with Crippen LogP contribution in [0.15, 0.2) is 10.9 Å². The van der Waals surface area contributed by atoms with Gasteiger partial charge < -0.3 is 10.3 Å². The van der Waals surface area contributed by atoms with Crippen molar-refractivity contribution >= 4 is 5.91 Å². The van der Waals surface area contributed by atoms with Crippen molar-refractivity contribution in [3.8, 4) is 0 Å². The predicted octanol–water partition coefficient (Wildman–Crippen LogP) is 2.34. The molecule has 0 saturated heterocycles. The first-order valence-corrected chi connectivity index (χ1v) is 9.33. The van der Waals surface area contributed by atoms with Crippen molar-refractivity contribution in [3.63, 3.8) is 0 Å². The number of nitrogens with zero attached hydrogens (tertiary/aromatic N) is 1. The molecule has 1 heterocycles. The molecule has 5 rings (SSSR count). The Bertz CT molecular complexity index is 659. The summed E-state index contributed by atoms with van der Waals surface area (Å²) < 4.78 is 0. The van der Waals surface area contributed by atoms with Gasteiger partial charge in [0.25, 0.3) is 5.56 Å². The number of rotatable bonds is 5. The number of aryl methyl sites for hydroxylation is 1. The highest BCUT2D eigenvalue weighted by Crippen LogP contribution is 2.61. The molecule has 0 unspecified atom stereocenters. The maximum Gasteiger partial charge on any atom is 0.251 e. The van der Waals surface area contributed by atoms with Crippen molar-refractivity contribution in [1.29, 1.82) is 0 Å². The first kappa shape index (κ1) is 15.9. The third kappa shape index (κ3) is 3.26. The molecular formula is C19H27N3O2. The van der Waals surface area contributed by atoms with Gasteiger partial charge in [-0.1, -0.05) is 0 Å². The van der Waals surface area contributed by atoms with Crippen LogP contribution in [0.25, 0.3) is 0 Å². The second-order valence-corrected chi connectivity index (χ2v) is 8.52. The van der Waals surface area contributed by atoms with E-state index in [2.05, 4.69) is 15.3 Å². The van der Waals surface area contributed by atoms with Crippen molar-refractivity contribution in [2.24, 2.45) is 23.2 Å². The minimum atomic E-state index is -0.127. The van der Waals surface area contributed by atoms with E-state index in [1.165, 1.54) is 44.6 Å². The number of hydrogen-bond acceptors (Lipinski definition) is 3. The quantitative estimate of drug-likeness (QED) is 0.871. The van der Waals surface area contributed by atoms with Crippen LogP contribution in [0.5, 0.6) is 0 Å². The minimum Gasteiger partial charge on any atom is -0.356 e. The molecule has 4 aliphatic carbocycles. The Morgan fingerprint density at radius 3 is 2.46 bits per heavy atom. The highest BCUT2D eigenvalue weighted by atomic mass is 16.1. The molecule has 0 aromatic carbocycles. The summed E-state index contributed by atoms with van der Waals surface area (Å²) in [6.07, 6.45) is 9.33. The fourth-order valence-electron chi connectivity index (χ4n) is 6.01.